The van der Waals surface area contributed by atoms with Crippen molar-refractivity contribution < 1.29 is 14.3 Å². The third-order valence-electron chi connectivity index (χ3n) is 11.4. The lowest BCUT2D eigenvalue weighted by molar-refractivity contribution is -0.194. The van der Waals surface area contributed by atoms with Gasteiger partial charge in [0.1, 0.15) is 0 Å². The molecule has 0 saturated heterocycles. The number of allylic oxidation sites excluding steroid dienone is 4. The summed E-state index contributed by atoms with van der Waals surface area (Å²) in [4.78, 5) is 27.0. The van der Waals surface area contributed by atoms with Crippen LogP contribution >= 0.6 is 0 Å². The maximum absolute atomic E-state index is 13.9. The second-order valence-electron chi connectivity index (χ2n) is 13.0. The molecular formula is C32H40O3. The van der Waals surface area contributed by atoms with Crippen molar-refractivity contribution in [3.05, 3.63) is 53.6 Å². The Morgan fingerprint density at radius 3 is 2.49 bits per heavy atom. The molecule has 3 heteroatoms. The van der Waals surface area contributed by atoms with Crippen molar-refractivity contribution in [3.8, 4) is 0 Å². The fourth-order valence-electron chi connectivity index (χ4n) is 10.2. The van der Waals surface area contributed by atoms with Gasteiger partial charge in [0, 0.05) is 17.3 Å². The summed E-state index contributed by atoms with van der Waals surface area (Å²) in [7, 11) is 1.54. The second kappa shape index (κ2) is 7.67. The molecule has 35 heavy (non-hydrogen) atoms. The molecule has 0 heterocycles. The average molecular weight is 473 g/mol. The van der Waals surface area contributed by atoms with Gasteiger partial charge < -0.3 is 4.74 Å². The van der Waals surface area contributed by atoms with Crippen LogP contribution in [0.5, 0.6) is 0 Å². The third kappa shape index (κ3) is 2.90. The number of ether oxygens (including phenoxy) is 1. The van der Waals surface area contributed by atoms with E-state index >= 15 is 0 Å². The Labute approximate surface area is 210 Å². The van der Waals surface area contributed by atoms with Crippen molar-refractivity contribution in [2.75, 3.05) is 7.11 Å². The standard InChI is InChI=1S/C32H40O3/c1-19(2)23-18-32-15-12-25-30(3,13-9-14-31(25,4)29(34)35-5)26(32)17-22(23)27-21(16-24(33)28(27)32)20-10-7-6-8-11-20/h6-8,10-11,16,18-19,22,25-28H,9,12-15,17H2,1-5H3/t22-,25+,26+,27+,28+,30-,31+,32-/m0/s1. The monoisotopic (exact) mass is 472 g/mol. The topological polar surface area (TPSA) is 43.4 Å². The van der Waals surface area contributed by atoms with Crippen molar-refractivity contribution in [2.24, 2.45) is 51.8 Å². The summed E-state index contributed by atoms with van der Waals surface area (Å²) < 4.78 is 5.37. The number of hydrogen-bond acceptors (Lipinski definition) is 3. The zero-order valence-electron chi connectivity index (χ0n) is 22.0. The van der Waals surface area contributed by atoms with E-state index in [-0.39, 0.29) is 22.7 Å². The number of ketones is 1. The number of benzene rings is 1. The quantitative estimate of drug-likeness (QED) is 0.356. The molecule has 1 aromatic rings. The van der Waals surface area contributed by atoms with Gasteiger partial charge >= 0.3 is 5.97 Å². The lowest BCUT2D eigenvalue weighted by atomic mass is 9.34. The maximum Gasteiger partial charge on any atom is 0.311 e. The highest BCUT2D eigenvalue weighted by Crippen LogP contribution is 2.75. The van der Waals surface area contributed by atoms with E-state index in [9.17, 15) is 9.59 Å². The predicted molar refractivity (Wildman–Crippen MR) is 138 cm³/mol. The van der Waals surface area contributed by atoms with Crippen molar-refractivity contribution in [1.29, 1.82) is 0 Å². The van der Waals surface area contributed by atoms with Crippen LogP contribution in [-0.2, 0) is 14.3 Å². The van der Waals surface area contributed by atoms with Crippen LogP contribution < -0.4 is 0 Å². The fraction of sp³-hybridized carbons (Fsp3) is 0.625. The molecule has 186 valence electrons. The minimum absolute atomic E-state index is 0.0356. The molecule has 6 aliphatic rings. The van der Waals surface area contributed by atoms with Crippen LogP contribution in [0.1, 0.15) is 71.8 Å². The van der Waals surface area contributed by atoms with Crippen LogP contribution in [0.2, 0.25) is 0 Å². The molecule has 0 N–H and O–H groups in total. The van der Waals surface area contributed by atoms with Crippen molar-refractivity contribution >= 4 is 17.3 Å². The van der Waals surface area contributed by atoms with E-state index in [1.807, 2.05) is 6.08 Å². The molecule has 8 atom stereocenters. The van der Waals surface area contributed by atoms with Gasteiger partial charge in [0.2, 0.25) is 0 Å². The summed E-state index contributed by atoms with van der Waals surface area (Å²) in [5.74, 6) is 2.31. The van der Waals surface area contributed by atoms with E-state index in [4.69, 9.17) is 4.74 Å². The SMILES string of the molecule is COC(=O)[C@]1(C)CCC[C@]2(C)[C@H]3C[C@H]4C(C(C)C)=C[C@]3(CC[C@H]21)[C@@H]1C(=O)C=C(c2ccccc2)[C@@H]14. The number of hydrogen-bond donors (Lipinski definition) is 0. The Balaban J connectivity index is 1.48. The van der Waals surface area contributed by atoms with Crippen LogP contribution in [0.3, 0.4) is 0 Å². The van der Waals surface area contributed by atoms with Crippen LogP contribution in [-0.4, -0.2) is 18.9 Å². The van der Waals surface area contributed by atoms with Crippen LogP contribution in [0.4, 0.5) is 0 Å². The van der Waals surface area contributed by atoms with E-state index in [0.29, 0.717) is 35.4 Å². The van der Waals surface area contributed by atoms with Crippen LogP contribution in [0.25, 0.3) is 5.57 Å². The van der Waals surface area contributed by atoms with Crippen molar-refractivity contribution in [1.82, 2.24) is 0 Å². The Morgan fingerprint density at radius 1 is 1.06 bits per heavy atom. The van der Waals surface area contributed by atoms with Gasteiger partial charge in [-0.05, 0) is 85.3 Å². The number of methoxy groups -OCH3 is 1. The number of fused-ring (bicyclic) bond motifs is 1. The van der Waals surface area contributed by atoms with E-state index in [1.54, 1.807) is 12.7 Å². The van der Waals surface area contributed by atoms with Crippen molar-refractivity contribution in [2.45, 2.75) is 66.2 Å². The molecule has 3 nitrogen and oxygen atoms in total. The van der Waals surface area contributed by atoms with E-state index in [1.165, 1.54) is 11.1 Å². The highest BCUT2D eigenvalue weighted by Gasteiger charge is 2.70. The van der Waals surface area contributed by atoms with E-state index in [0.717, 1.165) is 38.5 Å². The minimum atomic E-state index is -0.419. The molecule has 0 unspecified atom stereocenters. The largest absolute Gasteiger partial charge is 0.469 e. The van der Waals surface area contributed by atoms with Gasteiger partial charge in [0.25, 0.3) is 0 Å². The highest BCUT2D eigenvalue weighted by molar-refractivity contribution is 6.05. The van der Waals surface area contributed by atoms with Gasteiger partial charge in [-0.1, -0.05) is 69.2 Å². The highest BCUT2D eigenvalue weighted by atomic mass is 16.5. The first kappa shape index (κ1) is 23.3. The summed E-state index contributed by atoms with van der Waals surface area (Å²) >= 11 is 0. The lowest BCUT2D eigenvalue weighted by Crippen LogP contribution is -2.65. The molecule has 0 radical (unpaired) electrons. The number of carbonyl (C=O) groups is 2. The van der Waals surface area contributed by atoms with Gasteiger partial charge in [0.15, 0.2) is 5.78 Å². The summed E-state index contributed by atoms with van der Waals surface area (Å²) in [5, 5.41) is 0. The number of carbonyl (C=O) groups excluding carboxylic acids is 2. The summed E-state index contributed by atoms with van der Waals surface area (Å²) in [6.45, 7) is 9.29. The Hall–Kier alpha value is -2.16. The van der Waals surface area contributed by atoms with Gasteiger partial charge in [-0.2, -0.15) is 0 Å². The molecule has 6 aliphatic carbocycles. The summed E-state index contributed by atoms with van der Waals surface area (Å²) in [5.41, 5.74) is 3.60. The van der Waals surface area contributed by atoms with Crippen LogP contribution in [0, 0.1) is 51.8 Å². The summed E-state index contributed by atoms with van der Waals surface area (Å²) in [6.07, 6.45) is 10.9. The first-order chi connectivity index (χ1) is 16.7. The van der Waals surface area contributed by atoms with Gasteiger partial charge in [-0.25, -0.2) is 0 Å². The van der Waals surface area contributed by atoms with Gasteiger partial charge in [-0.3, -0.25) is 9.59 Å². The molecule has 1 spiro atoms. The minimum Gasteiger partial charge on any atom is -0.469 e. The summed E-state index contributed by atoms with van der Waals surface area (Å²) in [6, 6.07) is 10.6. The van der Waals surface area contributed by atoms with Crippen LogP contribution in [0.15, 0.2) is 48.1 Å². The zero-order valence-corrected chi connectivity index (χ0v) is 22.0. The number of rotatable bonds is 3. The fourth-order valence-corrected chi connectivity index (χ4v) is 10.2. The van der Waals surface area contributed by atoms with Crippen molar-refractivity contribution in [3.63, 3.8) is 0 Å². The molecule has 0 amide bonds. The molecule has 1 aromatic carbocycles. The Kier molecular flexibility index (Phi) is 5.09. The smallest absolute Gasteiger partial charge is 0.311 e. The van der Waals surface area contributed by atoms with Gasteiger partial charge in [-0.15, -0.1) is 0 Å². The molecule has 0 aliphatic heterocycles. The Bertz CT molecular complexity index is 1130. The molecule has 3 fully saturated rings. The first-order valence-electron chi connectivity index (χ1n) is 13.8. The molecule has 0 aromatic heterocycles. The average Bonchev–Trinajstić information content (AvgIpc) is 3.22. The maximum atomic E-state index is 13.9. The Morgan fingerprint density at radius 2 is 1.80 bits per heavy atom. The molecular weight excluding hydrogens is 432 g/mol. The second-order valence-corrected chi connectivity index (χ2v) is 13.0. The normalized spacial score (nSPS) is 43.7. The molecule has 7 rings (SSSR count). The molecule has 2 bridgehead atoms. The molecule has 3 saturated carbocycles. The first-order valence-corrected chi connectivity index (χ1v) is 13.8. The third-order valence-corrected chi connectivity index (χ3v) is 11.4. The number of esters is 1. The lowest BCUT2D eigenvalue weighted by Gasteiger charge is -2.69. The van der Waals surface area contributed by atoms with Gasteiger partial charge in [0.05, 0.1) is 12.5 Å². The van der Waals surface area contributed by atoms with E-state index < -0.39 is 5.41 Å². The zero-order chi connectivity index (χ0) is 24.8. The predicted octanol–water partition coefficient (Wildman–Crippen LogP) is 6.88. The van der Waals surface area contributed by atoms with E-state index in [2.05, 4.69) is 64.1 Å².